The van der Waals surface area contributed by atoms with Gasteiger partial charge in [-0.3, -0.25) is 9.78 Å². The van der Waals surface area contributed by atoms with Crippen LogP contribution in [0.1, 0.15) is 26.5 Å². The number of aromatic nitrogens is 5. The molecule has 1 aromatic carbocycles. The fraction of sp³-hybridized carbons (Fsp3) is 0.333. The summed E-state index contributed by atoms with van der Waals surface area (Å²) < 4.78 is 32.1. The van der Waals surface area contributed by atoms with Crippen LogP contribution in [0.3, 0.4) is 0 Å². The highest BCUT2D eigenvalue weighted by Gasteiger charge is 2.22. The summed E-state index contributed by atoms with van der Waals surface area (Å²) >= 11 is 6.71. The quantitative estimate of drug-likeness (QED) is 0.266. The lowest BCUT2D eigenvalue weighted by Crippen LogP contribution is -2.32. The molecule has 3 heterocycles. The molecule has 2 N–H and O–H groups in total. The van der Waals surface area contributed by atoms with E-state index in [0.29, 0.717) is 56.8 Å². The van der Waals surface area contributed by atoms with Crippen molar-refractivity contribution in [3.05, 3.63) is 59.3 Å². The molecule has 0 saturated carbocycles. The summed E-state index contributed by atoms with van der Waals surface area (Å²) in [5, 5.41) is 14.7. The number of amides is 1. The first-order chi connectivity index (χ1) is 18.5. The van der Waals surface area contributed by atoms with Crippen LogP contribution in [0.25, 0.3) is 33.8 Å². The number of hydrogen-bond donors (Lipinski definition) is 2. The Kier molecular flexibility index (Phi) is 8.51. The van der Waals surface area contributed by atoms with E-state index < -0.39 is 17.5 Å². The first kappa shape index (κ1) is 28.1. The molecule has 0 bridgehead atoms. The number of alkyl carbamates (subject to hydrolysis) is 1. The summed E-state index contributed by atoms with van der Waals surface area (Å²) in [6.45, 7) is 6.07. The van der Waals surface area contributed by atoms with Gasteiger partial charge in [0.2, 0.25) is 0 Å². The van der Waals surface area contributed by atoms with E-state index in [9.17, 15) is 9.18 Å². The molecule has 0 aliphatic heterocycles. The van der Waals surface area contributed by atoms with E-state index in [0.717, 1.165) is 0 Å². The number of aryl methyl sites for hydroxylation is 1. The van der Waals surface area contributed by atoms with Crippen molar-refractivity contribution in [2.24, 2.45) is 7.05 Å². The second-order valence-electron chi connectivity index (χ2n) is 9.73. The van der Waals surface area contributed by atoms with Gasteiger partial charge in [-0.15, -0.1) is 0 Å². The number of nitrogens with one attached hydrogen (secondary N) is 2. The van der Waals surface area contributed by atoms with Gasteiger partial charge in [-0.2, -0.15) is 10.2 Å². The van der Waals surface area contributed by atoms with Crippen molar-refractivity contribution in [1.82, 2.24) is 30.3 Å². The molecule has 0 aliphatic carbocycles. The summed E-state index contributed by atoms with van der Waals surface area (Å²) in [6.07, 6.45) is 2.91. The number of rotatable bonds is 9. The van der Waals surface area contributed by atoms with E-state index in [1.807, 2.05) is 0 Å². The Bertz CT molecular complexity index is 1460. The van der Waals surface area contributed by atoms with Crippen molar-refractivity contribution < 1.29 is 23.4 Å². The van der Waals surface area contributed by atoms with Crippen LogP contribution in [0.2, 0.25) is 5.02 Å². The lowest BCUT2D eigenvalue weighted by molar-refractivity contribution is 0.0523. The zero-order chi connectivity index (χ0) is 28.2. The van der Waals surface area contributed by atoms with Crippen LogP contribution in [0.5, 0.6) is 5.75 Å². The standard InChI is InChI=1S/C27H30ClFN6O4/c1-27(2,3)39-26(36)30-14-18-11-22(34-33-18)25-20(12-21(28)24(32-25)16-13-31-35(4)15-16)19-7-6-17(29)10-23(19)38-9-8-37-5/h6-7,10-13,15H,8-9,14H2,1-5H3,(H,30,36)(H,33,34). The highest BCUT2D eigenvalue weighted by molar-refractivity contribution is 6.33. The summed E-state index contributed by atoms with van der Waals surface area (Å²) in [5.74, 6) is -0.142. The Labute approximate surface area is 230 Å². The number of carbonyl (C=O) groups excluding carboxylic acids is 1. The number of hydrogen-bond acceptors (Lipinski definition) is 7. The average molecular weight is 557 g/mol. The second kappa shape index (κ2) is 11.8. The van der Waals surface area contributed by atoms with Crippen LogP contribution >= 0.6 is 11.6 Å². The maximum Gasteiger partial charge on any atom is 0.407 e. The van der Waals surface area contributed by atoms with Gasteiger partial charge in [0.05, 0.1) is 41.5 Å². The van der Waals surface area contributed by atoms with Gasteiger partial charge in [-0.05, 0) is 45.0 Å². The molecule has 10 nitrogen and oxygen atoms in total. The molecule has 0 saturated heterocycles. The van der Waals surface area contributed by atoms with E-state index in [-0.39, 0.29) is 13.2 Å². The molecule has 3 aromatic heterocycles. The molecular formula is C27H30ClFN6O4. The third-order valence-corrected chi connectivity index (χ3v) is 5.72. The predicted octanol–water partition coefficient (Wildman–Crippen LogP) is 5.38. The van der Waals surface area contributed by atoms with Crippen molar-refractivity contribution in [3.63, 3.8) is 0 Å². The Morgan fingerprint density at radius 2 is 1.95 bits per heavy atom. The lowest BCUT2D eigenvalue weighted by Gasteiger charge is -2.19. The van der Waals surface area contributed by atoms with Gasteiger partial charge in [0.25, 0.3) is 0 Å². The van der Waals surface area contributed by atoms with Crippen molar-refractivity contribution in [2.45, 2.75) is 32.9 Å². The molecule has 12 heteroatoms. The van der Waals surface area contributed by atoms with Crippen LogP contribution < -0.4 is 10.1 Å². The molecule has 4 aromatic rings. The minimum Gasteiger partial charge on any atom is -0.490 e. The number of pyridine rings is 1. The number of ether oxygens (including phenoxy) is 3. The molecule has 1 amide bonds. The first-order valence-corrected chi connectivity index (χ1v) is 12.5. The number of H-pyrrole nitrogens is 1. The minimum absolute atomic E-state index is 0.155. The number of halogens is 2. The summed E-state index contributed by atoms with van der Waals surface area (Å²) in [4.78, 5) is 17.0. The van der Waals surface area contributed by atoms with E-state index >= 15 is 0 Å². The Balaban J connectivity index is 1.76. The second-order valence-corrected chi connectivity index (χ2v) is 10.1. The van der Waals surface area contributed by atoms with Crippen LogP contribution in [-0.2, 0) is 23.1 Å². The third-order valence-electron chi connectivity index (χ3n) is 5.43. The molecule has 4 rings (SSSR count). The number of nitrogens with zero attached hydrogens (tertiary/aromatic N) is 4. The number of carbonyl (C=O) groups is 1. The van der Waals surface area contributed by atoms with Crippen LogP contribution in [0.15, 0.2) is 42.7 Å². The van der Waals surface area contributed by atoms with Crippen molar-refractivity contribution in [3.8, 4) is 39.5 Å². The van der Waals surface area contributed by atoms with Gasteiger partial charge in [-0.1, -0.05) is 11.6 Å². The van der Waals surface area contributed by atoms with Crippen LogP contribution in [-0.4, -0.2) is 57.0 Å². The summed E-state index contributed by atoms with van der Waals surface area (Å²) in [5.41, 5.74) is 3.34. The minimum atomic E-state index is -0.619. The lowest BCUT2D eigenvalue weighted by atomic mass is 9.99. The molecule has 0 spiro atoms. The van der Waals surface area contributed by atoms with Crippen molar-refractivity contribution in [2.75, 3.05) is 20.3 Å². The maximum atomic E-state index is 14.2. The fourth-order valence-electron chi connectivity index (χ4n) is 3.76. The Morgan fingerprint density at radius 1 is 1.15 bits per heavy atom. The van der Waals surface area contributed by atoms with Crippen LogP contribution in [0, 0.1) is 5.82 Å². The predicted molar refractivity (Wildman–Crippen MR) is 145 cm³/mol. The molecule has 206 valence electrons. The SMILES string of the molecule is COCCOc1cc(F)ccc1-c1cc(Cl)c(-c2cnn(C)c2)nc1-c1cc(CNC(=O)OC(C)(C)C)[nH]n1. The van der Waals surface area contributed by atoms with Gasteiger partial charge in [0.15, 0.2) is 0 Å². The molecule has 0 aliphatic rings. The molecule has 0 unspecified atom stereocenters. The van der Waals surface area contributed by atoms with Gasteiger partial charge < -0.3 is 19.5 Å². The largest absolute Gasteiger partial charge is 0.490 e. The smallest absolute Gasteiger partial charge is 0.407 e. The number of methoxy groups -OCH3 is 1. The molecule has 0 atom stereocenters. The van der Waals surface area contributed by atoms with Crippen molar-refractivity contribution in [1.29, 1.82) is 0 Å². The van der Waals surface area contributed by atoms with E-state index in [1.165, 1.54) is 12.1 Å². The van der Waals surface area contributed by atoms with Crippen LogP contribution in [0.4, 0.5) is 9.18 Å². The summed E-state index contributed by atoms with van der Waals surface area (Å²) in [6, 6.07) is 7.76. The maximum absolute atomic E-state index is 14.2. The Morgan fingerprint density at radius 3 is 2.64 bits per heavy atom. The zero-order valence-electron chi connectivity index (χ0n) is 22.3. The monoisotopic (exact) mass is 556 g/mol. The molecule has 0 fully saturated rings. The highest BCUT2D eigenvalue weighted by atomic mass is 35.5. The van der Waals surface area contributed by atoms with E-state index in [4.69, 9.17) is 30.8 Å². The number of aromatic amines is 1. The third kappa shape index (κ3) is 7.12. The van der Waals surface area contributed by atoms with Gasteiger partial charge >= 0.3 is 6.09 Å². The average Bonchev–Trinajstić information content (AvgIpc) is 3.51. The van der Waals surface area contributed by atoms with Gasteiger partial charge in [0, 0.05) is 43.1 Å². The fourth-order valence-corrected chi connectivity index (χ4v) is 4.02. The highest BCUT2D eigenvalue weighted by Crippen LogP contribution is 2.40. The number of benzene rings is 1. The Hall–Kier alpha value is -3.96. The van der Waals surface area contributed by atoms with Crippen molar-refractivity contribution >= 4 is 17.7 Å². The van der Waals surface area contributed by atoms with Gasteiger partial charge in [-0.25, -0.2) is 14.2 Å². The molecular weight excluding hydrogens is 527 g/mol. The zero-order valence-corrected chi connectivity index (χ0v) is 23.1. The first-order valence-electron chi connectivity index (χ1n) is 12.2. The van der Waals surface area contributed by atoms with E-state index in [2.05, 4.69) is 20.6 Å². The summed E-state index contributed by atoms with van der Waals surface area (Å²) in [7, 11) is 3.36. The van der Waals surface area contributed by atoms with E-state index in [1.54, 1.807) is 70.2 Å². The molecule has 0 radical (unpaired) electrons. The molecule has 39 heavy (non-hydrogen) atoms. The normalized spacial score (nSPS) is 11.5. The topological polar surface area (TPSA) is 116 Å². The van der Waals surface area contributed by atoms with Gasteiger partial charge in [0.1, 0.15) is 29.5 Å².